The summed E-state index contributed by atoms with van der Waals surface area (Å²) in [5.74, 6) is -0.438. The molecule has 0 radical (unpaired) electrons. The summed E-state index contributed by atoms with van der Waals surface area (Å²) in [7, 11) is 0. The number of aliphatic carboxylic acids is 1. The topological polar surface area (TPSA) is 59.4 Å². The van der Waals surface area contributed by atoms with Crippen LogP contribution in [0.5, 0.6) is 5.75 Å². The Kier molecular flexibility index (Phi) is 2.79. The lowest BCUT2D eigenvalue weighted by Gasteiger charge is -2.21. The van der Waals surface area contributed by atoms with Crippen LogP contribution in [0, 0.1) is 6.92 Å². The van der Waals surface area contributed by atoms with Crippen molar-refractivity contribution in [2.24, 2.45) is 0 Å². The minimum atomic E-state index is -1.23. The van der Waals surface area contributed by atoms with Gasteiger partial charge in [0.1, 0.15) is 5.75 Å². The summed E-state index contributed by atoms with van der Waals surface area (Å²) >= 11 is 1.56. The van der Waals surface area contributed by atoms with Crippen LogP contribution < -0.4 is 4.74 Å². The van der Waals surface area contributed by atoms with Crippen molar-refractivity contribution in [3.05, 3.63) is 23.2 Å². The van der Waals surface area contributed by atoms with Crippen molar-refractivity contribution in [3.8, 4) is 5.75 Å². The van der Waals surface area contributed by atoms with Gasteiger partial charge >= 0.3 is 5.97 Å². The van der Waals surface area contributed by atoms with Gasteiger partial charge in [-0.25, -0.2) is 9.78 Å². The molecule has 0 aliphatic rings. The first-order valence-electron chi connectivity index (χ1n) is 5.18. The molecule has 90 valence electrons. The summed E-state index contributed by atoms with van der Waals surface area (Å²) in [6.07, 6.45) is 0. The van der Waals surface area contributed by atoms with Crippen LogP contribution >= 0.6 is 11.3 Å². The second-order valence-electron chi connectivity index (χ2n) is 4.28. The van der Waals surface area contributed by atoms with E-state index in [4.69, 9.17) is 9.84 Å². The predicted octanol–water partition coefficient (Wildman–Crippen LogP) is 2.85. The third-order valence-corrected chi connectivity index (χ3v) is 3.29. The van der Waals surface area contributed by atoms with E-state index in [2.05, 4.69) is 4.98 Å². The monoisotopic (exact) mass is 251 g/mol. The van der Waals surface area contributed by atoms with E-state index in [0.717, 1.165) is 15.2 Å². The molecule has 1 aromatic carbocycles. The first-order valence-corrected chi connectivity index (χ1v) is 6.00. The smallest absolute Gasteiger partial charge is 0.347 e. The van der Waals surface area contributed by atoms with Gasteiger partial charge in [-0.3, -0.25) is 0 Å². The first-order chi connectivity index (χ1) is 7.88. The molecule has 0 aliphatic heterocycles. The highest BCUT2D eigenvalue weighted by molar-refractivity contribution is 7.18. The average molecular weight is 251 g/mol. The molecular weight excluding hydrogens is 238 g/mol. The van der Waals surface area contributed by atoms with Gasteiger partial charge in [0.05, 0.1) is 15.2 Å². The highest BCUT2D eigenvalue weighted by atomic mass is 32.1. The highest BCUT2D eigenvalue weighted by Crippen LogP contribution is 2.27. The Balaban J connectivity index is 2.34. The van der Waals surface area contributed by atoms with E-state index in [-0.39, 0.29) is 0 Å². The Labute approximate surface area is 103 Å². The molecule has 2 rings (SSSR count). The second-order valence-corrected chi connectivity index (χ2v) is 5.51. The lowest BCUT2D eigenvalue weighted by Crippen LogP contribution is -2.37. The molecule has 0 aliphatic carbocycles. The summed E-state index contributed by atoms with van der Waals surface area (Å²) in [4.78, 5) is 15.3. The molecule has 2 aromatic rings. The molecule has 17 heavy (non-hydrogen) atoms. The van der Waals surface area contributed by atoms with Crippen LogP contribution in [0.4, 0.5) is 0 Å². The predicted molar refractivity (Wildman–Crippen MR) is 66.7 cm³/mol. The summed E-state index contributed by atoms with van der Waals surface area (Å²) in [5, 5.41) is 9.97. The Hall–Kier alpha value is -1.62. The lowest BCUT2D eigenvalue weighted by atomic mass is 10.1. The van der Waals surface area contributed by atoms with E-state index in [0.29, 0.717) is 5.75 Å². The number of nitrogens with zero attached hydrogens (tertiary/aromatic N) is 1. The standard InChI is InChI=1S/C12H13NO3S/c1-7-13-9-5-4-8(6-10(9)17-7)16-12(2,3)11(14)15/h4-6H,1-3H3,(H,14,15). The fourth-order valence-electron chi connectivity index (χ4n) is 1.42. The van der Waals surface area contributed by atoms with Crippen LogP contribution in [0.3, 0.4) is 0 Å². The molecule has 0 saturated carbocycles. The van der Waals surface area contributed by atoms with E-state index in [1.54, 1.807) is 17.4 Å². The normalized spacial score (nSPS) is 11.7. The van der Waals surface area contributed by atoms with Crippen molar-refractivity contribution in [1.82, 2.24) is 4.98 Å². The summed E-state index contributed by atoms with van der Waals surface area (Å²) in [6.45, 7) is 4.99. The van der Waals surface area contributed by atoms with Gasteiger partial charge in [-0.2, -0.15) is 0 Å². The largest absolute Gasteiger partial charge is 0.478 e. The fraction of sp³-hybridized carbons (Fsp3) is 0.333. The van der Waals surface area contributed by atoms with Crippen LogP contribution in [-0.2, 0) is 4.79 Å². The van der Waals surface area contributed by atoms with Gasteiger partial charge < -0.3 is 9.84 Å². The zero-order valence-corrected chi connectivity index (χ0v) is 10.7. The van der Waals surface area contributed by atoms with Crippen LogP contribution in [0.15, 0.2) is 18.2 Å². The molecule has 1 aromatic heterocycles. The maximum Gasteiger partial charge on any atom is 0.347 e. The number of carboxylic acid groups (broad SMARTS) is 1. The van der Waals surface area contributed by atoms with Crippen molar-refractivity contribution < 1.29 is 14.6 Å². The van der Waals surface area contributed by atoms with Crippen LogP contribution in [-0.4, -0.2) is 21.7 Å². The SMILES string of the molecule is Cc1nc2ccc(OC(C)(C)C(=O)O)cc2s1. The van der Waals surface area contributed by atoms with E-state index in [1.165, 1.54) is 13.8 Å². The van der Waals surface area contributed by atoms with Gasteiger partial charge in [-0.05, 0) is 39.0 Å². The fourth-order valence-corrected chi connectivity index (χ4v) is 2.28. The summed E-state index contributed by atoms with van der Waals surface area (Å²) < 4.78 is 6.46. The van der Waals surface area contributed by atoms with Crippen molar-refractivity contribution in [2.75, 3.05) is 0 Å². The molecule has 0 atom stereocenters. The Morgan fingerprint density at radius 3 is 2.82 bits per heavy atom. The van der Waals surface area contributed by atoms with Gasteiger partial charge in [-0.15, -0.1) is 11.3 Å². The van der Waals surface area contributed by atoms with E-state index in [1.807, 2.05) is 19.1 Å². The molecule has 0 unspecified atom stereocenters. The van der Waals surface area contributed by atoms with Gasteiger partial charge in [0.25, 0.3) is 0 Å². The van der Waals surface area contributed by atoms with E-state index < -0.39 is 11.6 Å². The van der Waals surface area contributed by atoms with Crippen molar-refractivity contribution in [1.29, 1.82) is 0 Å². The van der Waals surface area contributed by atoms with Gasteiger partial charge in [-0.1, -0.05) is 0 Å². The Morgan fingerprint density at radius 2 is 2.18 bits per heavy atom. The Bertz CT molecular complexity index is 574. The summed E-state index contributed by atoms with van der Waals surface area (Å²) in [5.41, 5.74) is -0.319. The van der Waals surface area contributed by atoms with Crippen molar-refractivity contribution in [2.45, 2.75) is 26.4 Å². The van der Waals surface area contributed by atoms with Crippen molar-refractivity contribution in [3.63, 3.8) is 0 Å². The molecule has 0 saturated heterocycles. The van der Waals surface area contributed by atoms with Crippen LogP contribution in [0.1, 0.15) is 18.9 Å². The number of hydrogen-bond donors (Lipinski definition) is 1. The average Bonchev–Trinajstić information content (AvgIpc) is 2.56. The molecule has 0 bridgehead atoms. The van der Waals surface area contributed by atoms with Gasteiger partial charge in [0.2, 0.25) is 0 Å². The number of thiazole rings is 1. The first kappa shape index (κ1) is 11.9. The number of aryl methyl sites for hydroxylation is 1. The minimum absolute atomic E-state index is 0.550. The zero-order valence-electron chi connectivity index (χ0n) is 9.85. The van der Waals surface area contributed by atoms with E-state index >= 15 is 0 Å². The number of benzene rings is 1. The van der Waals surface area contributed by atoms with Gasteiger partial charge in [0, 0.05) is 0 Å². The number of aromatic nitrogens is 1. The zero-order chi connectivity index (χ0) is 12.6. The quantitative estimate of drug-likeness (QED) is 0.911. The lowest BCUT2D eigenvalue weighted by molar-refractivity contribution is -0.152. The maximum absolute atomic E-state index is 11.0. The number of ether oxygens (including phenoxy) is 1. The number of carboxylic acids is 1. The van der Waals surface area contributed by atoms with Crippen molar-refractivity contribution >= 4 is 27.5 Å². The number of fused-ring (bicyclic) bond motifs is 1. The maximum atomic E-state index is 11.0. The molecule has 0 amide bonds. The third-order valence-electron chi connectivity index (χ3n) is 2.35. The molecule has 0 spiro atoms. The van der Waals surface area contributed by atoms with Crippen LogP contribution in [0.25, 0.3) is 10.2 Å². The molecular formula is C12H13NO3S. The molecule has 5 heteroatoms. The highest BCUT2D eigenvalue weighted by Gasteiger charge is 2.29. The Morgan fingerprint density at radius 1 is 1.47 bits per heavy atom. The summed E-state index contributed by atoms with van der Waals surface area (Å²) in [6, 6.07) is 5.41. The van der Waals surface area contributed by atoms with E-state index in [9.17, 15) is 4.79 Å². The molecule has 1 N–H and O–H groups in total. The number of carbonyl (C=O) groups is 1. The minimum Gasteiger partial charge on any atom is -0.478 e. The molecule has 4 nitrogen and oxygen atoms in total. The number of hydrogen-bond acceptors (Lipinski definition) is 4. The number of rotatable bonds is 3. The van der Waals surface area contributed by atoms with Crippen LogP contribution in [0.2, 0.25) is 0 Å². The van der Waals surface area contributed by atoms with Gasteiger partial charge in [0.15, 0.2) is 5.60 Å². The third kappa shape index (κ3) is 2.39. The molecule has 1 heterocycles. The second kappa shape index (κ2) is 4.00. The molecule has 0 fully saturated rings.